The van der Waals surface area contributed by atoms with Crippen LogP contribution in [0, 0.1) is 19.7 Å². The third-order valence-corrected chi connectivity index (χ3v) is 6.86. The molecule has 3 aromatic carbocycles. The second-order valence-corrected chi connectivity index (χ2v) is 8.71. The first-order valence-electron chi connectivity index (χ1n) is 9.07. The molecule has 29 heavy (non-hydrogen) atoms. The number of rotatable bonds is 3. The van der Waals surface area contributed by atoms with E-state index in [1.807, 2.05) is 13.0 Å². The van der Waals surface area contributed by atoms with Gasteiger partial charge in [0, 0.05) is 0 Å². The number of fused-ring (bicyclic) bond motifs is 1. The number of aryl methyl sites for hydroxylation is 1. The van der Waals surface area contributed by atoms with E-state index in [0.29, 0.717) is 22.5 Å². The Kier molecular flexibility index (Phi) is 4.62. The largest absolute Gasteiger partial charge is 0.343 e. The lowest BCUT2D eigenvalue weighted by molar-refractivity contribution is 0.253. The van der Waals surface area contributed by atoms with Crippen molar-refractivity contribution in [2.24, 2.45) is 0 Å². The molecule has 0 aromatic heterocycles. The van der Waals surface area contributed by atoms with Gasteiger partial charge >= 0.3 is 6.03 Å². The van der Waals surface area contributed by atoms with Crippen LogP contribution in [0.5, 0.6) is 0 Å². The number of para-hydroxylation sites is 1. The summed E-state index contributed by atoms with van der Waals surface area (Å²) in [6, 6.07) is 16.8. The molecule has 0 radical (unpaired) electrons. The van der Waals surface area contributed by atoms with E-state index in [9.17, 15) is 17.6 Å². The minimum Gasteiger partial charge on any atom is -0.287 e. The zero-order valence-electron chi connectivity index (χ0n) is 16.0. The molecule has 7 heteroatoms. The maximum Gasteiger partial charge on any atom is 0.343 e. The third-order valence-electron chi connectivity index (χ3n) is 5.13. The van der Waals surface area contributed by atoms with E-state index in [1.165, 1.54) is 23.1 Å². The van der Waals surface area contributed by atoms with Crippen molar-refractivity contribution in [1.82, 2.24) is 0 Å². The SMILES string of the molecule is Cc1cccc(N2C(=O)N(Cc3ccc(F)cc3)c3ccccc3S2(=O)=O)c1C. The molecule has 0 atom stereocenters. The molecule has 1 aliphatic heterocycles. The zero-order valence-corrected chi connectivity index (χ0v) is 16.8. The number of nitrogens with zero attached hydrogens (tertiary/aromatic N) is 2. The van der Waals surface area contributed by atoms with E-state index in [0.717, 1.165) is 9.87 Å². The molecule has 148 valence electrons. The van der Waals surface area contributed by atoms with Crippen LogP contribution in [0.15, 0.2) is 71.6 Å². The molecule has 1 aliphatic rings. The van der Waals surface area contributed by atoms with Crippen molar-refractivity contribution in [3.8, 4) is 0 Å². The standard InChI is InChI=1S/C22H19FN2O3S/c1-15-6-5-8-19(16(15)2)25-22(26)24(14-17-10-12-18(23)13-11-17)20-7-3-4-9-21(20)29(25,27)28/h3-13H,14H2,1-2H3. The van der Waals surface area contributed by atoms with Gasteiger partial charge in [0.25, 0.3) is 10.0 Å². The first-order chi connectivity index (χ1) is 13.8. The molecule has 5 nitrogen and oxygen atoms in total. The summed E-state index contributed by atoms with van der Waals surface area (Å²) in [5.74, 6) is -0.376. The average Bonchev–Trinajstić information content (AvgIpc) is 2.70. The van der Waals surface area contributed by atoms with E-state index in [-0.39, 0.29) is 17.3 Å². The molecule has 1 heterocycles. The van der Waals surface area contributed by atoms with Crippen LogP contribution in [0.4, 0.5) is 20.6 Å². The number of amides is 2. The average molecular weight is 410 g/mol. The molecule has 2 amide bonds. The third kappa shape index (κ3) is 3.17. The molecule has 0 spiro atoms. The molecule has 3 aromatic rings. The summed E-state index contributed by atoms with van der Waals surface area (Å²) in [5, 5.41) is 0. The van der Waals surface area contributed by atoms with Gasteiger partial charge in [0.05, 0.1) is 17.9 Å². The summed E-state index contributed by atoms with van der Waals surface area (Å²) in [4.78, 5) is 14.9. The van der Waals surface area contributed by atoms with Crippen LogP contribution < -0.4 is 9.21 Å². The predicted molar refractivity (Wildman–Crippen MR) is 110 cm³/mol. The summed E-state index contributed by atoms with van der Waals surface area (Å²) < 4.78 is 40.8. The van der Waals surface area contributed by atoms with Crippen LogP contribution in [0.25, 0.3) is 0 Å². The van der Waals surface area contributed by atoms with Crippen LogP contribution in [0.3, 0.4) is 0 Å². The van der Waals surface area contributed by atoms with Crippen LogP contribution in [-0.2, 0) is 16.6 Å². The van der Waals surface area contributed by atoms with Gasteiger partial charge in [-0.1, -0.05) is 36.4 Å². The lowest BCUT2D eigenvalue weighted by atomic mass is 10.1. The van der Waals surface area contributed by atoms with Crippen molar-refractivity contribution in [3.05, 3.63) is 89.2 Å². The molecule has 0 bridgehead atoms. The predicted octanol–water partition coefficient (Wildman–Crippen LogP) is 4.78. The van der Waals surface area contributed by atoms with E-state index in [1.54, 1.807) is 49.4 Å². The van der Waals surface area contributed by atoms with Crippen molar-refractivity contribution >= 4 is 27.4 Å². The quantitative estimate of drug-likeness (QED) is 0.625. The number of hydrogen-bond acceptors (Lipinski definition) is 3. The number of benzene rings is 3. The van der Waals surface area contributed by atoms with Gasteiger partial charge in [0.15, 0.2) is 0 Å². The number of carbonyl (C=O) groups excluding carboxylic acids is 1. The Morgan fingerprint density at radius 2 is 1.52 bits per heavy atom. The van der Waals surface area contributed by atoms with Gasteiger partial charge in [-0.05, 0) is 60.9 Å². The summed E-state index contributed by atoms with van der Waals surface area (Å²) in [6.07, 6.45) is 0. The highest BCUT2D eigenvalue weighted by atomic mass is 32.2. The van der Waals surface area contributed by atoms with Gasteiger partial charge in [-0.2, -0.15) is 4.31 Å². The highest BCUT2D eigenvalue weighted by Crippen LogP contribution is 2.39. The maximum atomic E-state index is 13.4. The molecular weight excluding hydrogens is 391 g/mol. The summed E-state index contributed by atoms with van der Waals surface area (Å²) in [5.41, 5.74) is 2.92. The highest BCUT2D eigenvalue weighted by Gasteiger charge is 2.42. The molecule has 0 fully saturated rings. The number of anilines is 2. The number of hydrogen-bond donors (Lipinski definition) is 0. The van der Waals surface area contributed by atoms with E-state index >= 15 is 0 Å². The number of sulfonamides is 1. The van der Waals surface area contributed by atoms with Crippen LogP contribution in [0.1, 0.15) is 16.7 Å². The number of halogens is 1. The Balaban J connectivity index is 1.89. The van der Waals surface area contributed by atoms with Crippen LogP contribution in [0.2, 0.25) is 0 Å². The van der Waals surface area contributed by atoms with Crippen molar-refractivity contribution in [3.63, 3.8) is 0 Å². The van der Waals surface area contributed by atoms with Crippen LogP contribution in [-0.4, -0.2) is 14.4 Å². The van der Waals surface area contributed by atoms with Gasteiger partial charge in [0.2, 0.25) is 0 Å². The monoisotopic (exact) mass is 410 g/mol. The molecule has 0 aliphatic carbocycles. The molecule has 0 saturated heterocycles. The van der Waals surface area contributed by atoms with Gasteiger partial charge < -0.3 is 0 Å². The van der Waals surface area contributed by atoms with Crippen molar-refractivity contribution in [2.75, 3.05) is 9.21 Å². The van der Waals surface area contributed by atoms with Gasteiger partial charge in [-0.3, -0.25) is 4.90 Å². The fraction of sp³-hybridized carbons (Fsp3) is 0.136. The second-order valence-electron chi connectivity index (χ2n) is 6.95. The maximum absolute atomic E-state index is 13.4. The van der Waals surface area contributed by atoms with Gasteiger partial charge in [-0.25, -0.2) is 17.6 Å². The topological polar surface area (TPSA) is 57.7 Å². The first kappa shape index (κ1) is 19.1. The van der Waals surface area contributed by atoms with Crippen molar-refractivity contribution in [2.45, 2.75) is 25.3 Å². The van der Waals surface area contributed by atoms with E-state index in [2.05, 4.69) is 0 Å². The fourth-order valence-electron chi connectivity index (χ4n) is 3.43. The second kappa shape index (κ2) is 7.00. The summed E-state index contributed by atoms with van der Waals surface area (Å²) in [6.45, 7) is 3.77. The minimum absolute atomic E-state index is 0.0580. The van der Waals surface area contributed by atoms with E-state index in [4.69, 9.17) is 0 Å². The van der Waals surface area contributed by atoms with E-state index < -0.39 is 16.1 Å². The van der Waals surface area contributed by atoms with Gasteiger partial charge in [-0.15, -0.1) is 0 Å². The summed E-state index contributed by atoms with van der Waals surface area (Å²) in [7, 11) is -4.07. The smallest absolute Gasteiger partial charge is 0.287 e. The Morgan fingerprint density at radius 1 is 0.862 bits per heavy atom. The minimum atomic E-state index is -4.07. The molecule has 4 rings (SSSR count). The Bertz CT molecular complexity index is 1210. The van der Waals surface area contributed by atoms with Crippen LogP contribution >= 0.6 is 0 Å². The number of carbonyl (C=O) groups is 1. The Hall–Kier alpha value is -3.19. The zero-order chi connectivity index (χ0) is 20.8. The fourth-order valence-corrected chi connectivity index (χ4v) is 5.08. The molecule has 0 N–H and O–H groups in total. The molecular formula is C22H19FN2O3S. The van der Waals surface area contributed by atoms with Gasteiger partial charge in [0.1, 0.15) is 10.7 Å². The first-order valence-corrected chi connectivity index (χ1v) is 10.5. The normalized spacial score (nSPS) is 15.3. The van der Waals surface area contributed by atoms with Crippen molar-refractivity contribution < 1.29 is 17.6 Å². The highest BCUT2D eigenvalue weighted by molar-refractivity contribution is 7.94. The summed E-state index contributed by atoms with van der Waals surface area (Å²) >= 11 is 0. The lowest BCUT2D eigenvalue weighted by Gasteiger charge is -2.37. The molecule has 0 saturated carbocycles. The van der Waals surface area contributed by atoms with Crippen molar-refractivity contribution in [1.29, 1.82) is 0 Å². The Labute approximate surface area is 169 Å². The lowest BCUT2D eigenvalue weighted by Crippen LogP contribution is -2.51. The Morgan fingerprint density at radius 3 is 2.24 bits per heavy atom. The molecule has 0 unspecified atom stereocenters. The number of urea groups is 1.